The zero-order valence-electron chi connectivity index (χ0n) is 18.2. The van der Waals surface area contributed by atoms with E-state index < -0.39 is 26.8 Å². The normalized spacial score (nSPS) is 16.8. The molecule has 2 amide bonds. The van der Waals surface area contributed by atoms with Gasteiger partial charge >= 0.3 is 0 Å². The lowest BCUT2D eigenvalue weighted by Crippen LogP contribution is -2.35. The largest absolute Gasteiger partial charge is 0.269 e. The quantitative estimate of drug-likeness (QED) is 0.318. The average Bonchev–Trinajstić information content (AvgIpc) is 3.10. The first-order valence-electron chi connectivity index (χ1n) is 10.8. The van der Waals surface area contributed by atoms with Gasteiger partial charge in [0.15, 0.2) is 0 Å². The van der Waals surface area contributed by atoms with Gasteiger partial charge in [-0.2, -0.15) is 4.31 Å². The maximum atomic E-state index is 13.4. The summed E-state index contributed by atoms with van der Waals surface area (Å²) in [6.45, 7) is 2.49. The SMILES string of the molecule is Cc1nc2ccc(S(=O)(=O)N3CCCCC3)cc2c2c1C(=O)N(c1ccc([N+](=O)[O-])cc1)C2=O. The van der Waals surface area contributed by atoms with Gasteiger partial charge in [0.1, 0.15) is 0 Å². The number of amides is 2. The number of sulfonamides is 1. The van der Waals surface area contributed by atoms with E-state index in [2.05, 4.69) is 4.98 Å². The summed E-state index contributed by atoms with van der Waals surface area (Å²) in [5, 5.41) is 11.2. The predicted molar refractivity (Wildman–Crippen MR) is 123 cm³/mol. The van der Waals surface area contributed by atoms with E-state index in [0.717, 1.165) is 24.2 Å². The maximum absolute atomic E-state index is 13.4. The van der Waals surface area contributed by atoms with Crippen molar-refractivity contribution in [1.82, 2.24) is 9.29 Å². The van der Waals surface area contributed by atoms with Crippen LogP contribution in [0.4, 0.5) is 11.4 Å². The number of benzene rings is 2. The van der Waals surface area contributed by atoms with Gasteiger partial charge in [-0.25, -0.2) is 13.3 Å². The van der Waals surface area contributed by atoms with Crippen LogP contribution < -0.4 is 4.90 Å². The molecule has 0 N–H and O–H groups in total. The molecule has 2 aliphatic rings. The topological polar surface area (TPSA) is 131 Å². The molecule has 5 rings (SSSR count). The minimum absolute atomic E-state index is 0.0452. The number of hydrogen-bond donors (Lipinski definition) is 0. The fourth-order valence-electron chi connectivity index (χ4n) is 4.54. The van der Waals surface area contributed by atoms with Crippen LogP contribution in [-0.2, 0) is 10.0 Å². The minimum atomic E-state index is -3.76. The Labute approximate surface area is 195 Å². The number of aryl methyl sites for hydroxylation is 1. The van der Waals surface area contributed by atoms with Gasteiger partial charge in [0.2, 0.25) is 10.0 Å². The van der Waals surface area contributed by atoms with E-state index in [0.29, 0.717) is 24.3 Å². The number of carbonyl (C=O) groups is 2. The van der Waals surface area contributed by atoms with Crippen LogP contribution in [0.25, 0.3) is 10.9 Å². The van der Waals surface area contributed by atoms with Gasteiger partial charge in [-0.05, 0) is 50.1 Å². The van der Waals surface area contributed by atoms with Gasteiger partial charge in [-0.1, -0.05) is 6.42 Å². The number of nitro benzene ring substituents is 1. The molecule has 1 fully saturated rings. The second kappa shape index (κ2) is 7.96. The third kappa shape index (κ3) is 3.35. The van der Waals surface area contributed by atoms with Crippen LogP contribution in [0, 0.1) is 17.0 Å². The molecule has 3 heterocycles. The number of rotatable bonds is 4. The fraction of sp³-hybridized carbons (Fsp3) is 0.261. The van der Waals surface area contributed by atoms with E-state index in [1.165, 1.54) is 40.7 Å². The van der Waals surface area contributed by atoms with Crippen LogP contribution in [0.1, 0.15) is 45.7 Å². The summed E-state index contributed by atoms with van der Waals surface area (Å²) in [7, 11) is -3.76. The average molecular weight is 481 g/mol. The van der Waals surface area contributed by atoms with Gasteiger partial charge in [0.05, 0.1) is 37.8 Å². The second-order valence-corrected chi connectivity index (χ2v) is 10.2. The van der Waals surface area contributed by atoms with Gasteiger partial charge in [0, 0.05) is 30.6 Å². The Morgan fingerprint density at radius 3 is 2.24 bits per heavy atom. The number of hydrogen-bond acceptors (Lipinski definition) is 7. The molecule has 10 nitrogen and oxygen atoms in total. The lowest BCUT2D eigenvalue weighted by Gasteiger charge is -2.26. The van der Waals surface area contributed by atoms with E-state index >= 15 is 0 Å². The van der Waals surface area contributed by atoms with Gasteiger partial charge in [-0.3, -0.25) is 24.7 Å². The van der Waals surface area contributed by atoms with E-state index in [1.54, 1.807) is 13.0 Å². The number of aromatic nitrogens is 1. The van der Waals surface area contributed by atoms with Crippen molar-refractivity contribution in [2.24, 2.45) is 0 Å². The number of piperidine rings is 1. The Kier molecular flexibility index (Phi) is 5.18. The number of fused-ring (bicyclic) bond motifs is 3. The molecule has 1 saturated heterocycles. The zero-order valence-corrected chi connectivity index (χ0v) is 19.0. The summed E-state index contributed by atoms with van der Waals surface area (Å²) in [6, 6.07) is 9.52. The molecule has 174 valence electrons. The number of pyridine rings is 1. The number of non-ortho nitro benzene ring substituents is 1. The molecular weight excluding hydrogens is 460 g/mol. The molecule has 0 bridgehead atoms. The highest BCUT2D eigenvalue weighted by Crippen LogP contribution is 2.36. The lowest BCUT2D eigenvalue weighted by atomic mass is 10.0. The van der Waals surface area contributed by atoms with Crippen LogP contribution >= 0.6 is 0 Å². The number of anilines is 1. The van der Waals surface area contributed by atoms with Crippen LogP contribution in [0.15, 0.2) is 47.4 Å². The monoisotopic (exact) mass is 480 g/mol. The highest BCUT2D eigenvalue weighted by molar-refractivity contribution is 7.89. The number of nitrogens with zero attached hydrogens (tertiary/aromatic N) is 4. The van der Waals surface area contributed by atoms with Crippen molar-refractivity contribution in [3.8, 4) is 0 Å². The molecule has 1 aromatic heterocycles. The molecule has 0 radical (unpaired) electrons. The molecule has 34 heavy (non-hydrogen) atoms. The maximum Gasteiger partial charge on any atom is 0.269 e. The van der Waals surface area contributed by atoms with Crippen molar-refractivity contribution < 1.29 is 22.9 Å². The molecule has 2 aromatic carbocycles. The van der Waals surface area contributed by atoms with Crippen molar-refractivity contribution in [3.05, 3.63) is 69.4 Å². The summed E-state index contributed by atoms with van der Waals surface area (Å²) in [5.41, 5.74) is 0.944. The van der Waals surface area contributed by atoms with Crippen molar-refractivity contribution in [2.75, 3.05) is 18.0 Å². The second-order valence-electron chi connectivity index (χ2n) is 8.31. The lowest BCUT2D eigenvalue weighted by molar-refractivity contribution is -0.384. The van der Waals surface area contributed by atoms with Crippen LogP contribution in [-0.4, -0.2) is 47.5 Å². The Hall–Kier alpha value is -3.70. The highest BCUT2D eigenvalue weighted by Gasteiger charge is 2.40. The summed E-state index contributed by atoms with van der Waals surface area (Å²) < 4.78 is 27.8. The summed E-state index contributed by atoms with van der Waals surface area (Å²) in [5.74, 6) is -1.23. The van der Waals surface area contributed by atoms with Crippen molar-refractivity contribution >= 4 is 44.1 Å². The third-order valence-electron chi connectivity index (χ3n) is 6.24. The highest BCUT2D eigenvalue weighted by atomic mass is 32.2. The van der Waals surface area contributed by atoms with E-state index in [4.69, 9.17) is 0 Å². The molecule has 0 spiro atoms. The molecule has 3 aromatic rings. The molecule has 11 heteroatoms. The Morgan fingerprint density at radius 2 is 1.59 bits per heavy atom. The van der Waals surface area contributed by atoms with Crippen LogP contribution in [0.2, 0.25) is 0 Å². The minimum Gasteiger partial charge on any atom is -0.268 e. The van der Waals surface area contributed by atoms with Crippen LogP contribution in [0.3, 0.4) is 0 Å². The third-order valence-corrected chi connectivity index (χ3v) is 8.14. The first-order chi connectivity index (χ1) is 16.2. The van der Waals surface area contributed by atoms with Crippen molar-refractivity contribution in [3.63, 3.8) is 0 Å². The van der Waals surface area contributed by atoms with Gasteiger partial charge < -0.3 is 0 Å². The summed E-state index contributed by atoms with van der Waals surface area (Å²) in [4.78, 5) is 42.5. The van der Waals surface area contributed by atoms with Gasteiger partial charge in [-0.15, -0.1) is 0 Å². The van der Waals surface area contributed by atoms with Crippen LogP contribution in [0.5, 0.6) is 0 Å². The van der Waals surface area contributed by atoms with Crippen molar-refractivity contribution in [1.29, 1.82) is 0 Å². The molecule has 0 aliphatic carbocycles. The first kappa shape index (κ1) is 22.1. The Bertz CT molecular complexity index is 1480. The molecular formula is C23H20N4O6S. The standard InChI is InChI=1S/C23H20N4O6S/c1-14-20-21(23(29)26(22(20)28)15-5-7-16(8-6-15)27(30)31)18-13-17(9-10-19(18)24-14)34(32,33)25-11-3-2-4-12-25/h5-10,13H,2-4,11-12H2,1H3. The molecule has 0 saturated carbocycles. The Morgan fingerprint density at radius 1 is 0.941 bits per heavy atom. The smallest absolute Gasteiger partial charge is 0.268 e. The zero-order chi connectivity index (χ0) is 24.2. The van der Waals surface area contributed by atoms with E-state index in [9.17, 15) is 28.1 Å². The van der Waals surface area contributed by atoms with Gasteiger partial charge in [0.25, 0.3) is 17.5 Å². The fourth-order valence-corrected chi connectivity index (χ4v) is 6.08. The van der Waals surface area contributed by atoms with E-state index in [-0.39, 0.29) is 32.8 Å². The number of carbonyl (C=O) groups excluding carboxylic acids is 2. The number of nitro groups is 1. The molecule has 0 unspecified atom stereocenters. The number of imide groups is 1. The van der Waals surface area contributed by atoms with Crippen molar-refractivity contribution in [2.45, 2.75) is 31.1 Å². The Balaban J connectivity index is 1.63. The summed E-state index contributed by atoms with van der Waals surface area (Å²) >= 11 is 0. The molecule has 2 aliphatic heterocycles. The first-order valence-corrected chi connectivity index (χ1v) is 12.2. The van der Waals surface area contributed by atoms with E-state index in [1.807, 2.05) is 0 Å². The summed E-state index contributed by atoms with van der Waals surface area (Å²) in [6.07, 6.45) is 2.57. The predicted octanol–water partition coefficient (Wildman–Crippen LogP) is 3.43. The molecule has 0 atom stereocenters.